The van der Waals surface area contributed by atoms with Crippen molar-refractivity contribution in [2.45, 2.75) is 33.1 Å². The van der Waals surface area contributed by atoms with Crippen molar-refractivity contribution in [3.63, 3.8) is 0 Å². The summed E-state index contributed by atoms with van der Waals surface area (Å²) in [5, 5.41) is 8.85. The van der Waals surface area contributed by atoms with Gasteiger partial charge in [-0.05, 0) is 45.2 Å². The number of aromatic nitrogens is 1. The zero-order valence-corrected chi connectivity index (χ0v) is 9.33. The van der Waals surface area contributed by atoms with Crippen LogP contribution in [-0.2, 0) is 6.42 Å². The molecule has 1 heterocycles. The second-order valence-corrected chi connectivity index (χ2v) is 4.43. The highest BCUT2D eigenvalue weighted by molar-refractivity contribution is 5.37. The number of pyridine rings is 1. The maximum Gasteiger partial charge on any atom is 0.0683 e. The maximum atomic E-state index is 8.85. The van der Waals surface area contributed by atoms with Gasteiger partial charge in [-0.1, -0.05) is 0 Å². The van der Waals surface area contributed by atoms with Crippen molar-refractivity contribution in [2.75, 3.05) is 5.73 Å². The van der Waals surface area contributed by atoms with Crippen LogP contribution in [0.4, 0.5) is 5.69 Å². The van der Waals surface area contributed by atoms with Gasteiger partial charge in [-0.25, -0.2) is 0 Å². The summed E-state index contributed by atoms with van der Waals surface area (Å²) >= 11 is 0. The molecular weight excluding hydrogens is 186 g/mol. The molecule has 3 nitrogen and oxygen atoms in total. The normalized spacial score (nSPS) is 11.0. The van der Waals surface area contributed by atoms with Gasteiger partial charge in [0.1, 0.15) is 0 Å². The molecule has 3 heteroatoms. The first-order valence-corrected chi connectivity index (χ1v) is 5.15. The van der Waals surface area contributed by atoms with Crippen molar-refractivity contribution in [2.24, 2.45) is 5.41 Å². The lowest BCUT2D eigenvalue weighted by Crippen LogP contribution is -2.08. The molecule has 0 atom stereocenters. The SMILES string of the molecule is CC(C)(C#N)CCCc1cc(N)ccn1. The third kappa shape index (κ3) is 3.99. The van der Waals surface area contributed by atoms with Gasteiger partial charge in [-0.2, -0.15) is 5.26 Å². The van der Waals surface area contributed by atoms with Gasteiger partial charge in [0, 0.05) is 17.6 Å². The Kier molecular flexibility index (Phi) is 3.68. The van der Waals surface area contributed by atoms with Crippen LogP contribution in [-0.4, -0.2) is 4.98 Å². The Morgan fingerprint density at radius 3 is 2.87 bits per heavy atom. The van der Waals surface area contributed by atoms with Crippen LogP contribution in [0.25, 0.3) is 0 Å². The van der Waals surface area contributed by atoms with Crippen LogP contribution in [0.15, 0.2) is 18.3 Å². The zero-order chi connectivity index (χ0) is 11.3. The Morgan fingerprint density at radius 1 is 1.53 bits per heavy atom. The molecule has 2 N–H and O–H groups in total. The van der Waals surface area contributed by atoms with E-state index in [1.165, 1.54) is 0 Å². The van der Waals surface area contributed by atoms with Crippen molar-refractivity contribution >= 4 is 5.69 Å². The molecule has 0 radical (unpaired) electrons. The van der Waals surface area contributed by atoms with Gasteiger partial charge in [0.25, 0.3) is 0 Å². The lowest BCUT2D eigenvalue weighted by molar-refractivity contribution is 0.434. The van der Waals surface area contributed by atoms with Gasteiger partial charge in [-0.3, -0.25) is 4.98 Å². The zero-order valence-electron chi connectivity index (χ0n) is 9.33. The molecule has 80 valence electrons. The average Bonchev–Trinajstić information content (AvgIpc) is 2.18. The van der Waals surface area contributed by atoms with E-state index in [9.17, 15) is 0 Å². The molecule has 0 saturated carbocycles. The van der Waals surface area contributed by atoms with Gasteiger partial charge in [0.2, 0.25) is 0 Å². The van der Waals surface area contributed by atoms with E-state index in [2.05, 4.69) is 11.1 Å². The third-order valence-corrected chi connectivity index (χ3v) is 2.38. The number of nitrogen functional groups attached to an aromatic ring is 1. The smallest absolute Gasteiger partial charge is 0.0683 e. The summed E-state index contributed by atoms with van der Waals surface area (Å²) in [6, 6.07) is 5.96. The van der Waals surface area contributed by atoms with Crippen LogP contribution in [0.5, 0.6) is 0 Å². The topological polar surface area (TPSA) is 62.7 Å². The number of nitrogens with zero attached hydrogens (tertiary/aromatic N) is 2. The maximum absolute atomic E-state index is 8.85. The molecule has 0 aliphatic carbocycles. The van der Waals surface area contributed by atoms with Crippen LogP contribution in [0.1, 0.15) is 32.4 Å². The summed E-state index contributed by atoms with van der Waals surface area (Å²) < 4.78 is 0. The highest BCUT2D eigenvalue weighted by Crippen LogP contribution is 2.21. The predicted octanol–water partition coefficient (Wildman–Crippen LogP) is 2.54. The number of nitrogens with two attached hydrogens (primary N) is 1. The first-order valence-electron chi connectivity index (χ1n) is 5.15. The standard InChI is InChI=1S/C12H17N3/c1-12(2,9-13)6-3-4-11-8-10(14)5-7-15-11/h5,7-8H,3-4,6H2,1-2H3,(H2,14,15). The minimum Gasteiger partial charge on any atom is -0.399 e. The molecule has 0 unspecified atom stereocenters. The molecule has 0 amide bonds. The molecule has 0 aliphatic heterocycles. The summed E-state index contributed by atoms with van der Waals surface area (Å²) in [6.07, 6.45) is 4.47. The van der Waals surface area contributed by atoms with E-state index in [-0.39, 0.29) is 5.41 Å². The highest BCUT2D eigenvalue weighted by atomic mass is 14.7. The lowest BCUT2D eigenvalue weighted by atomic mass is 9.89. The van der Waals surface area contributed by atoms with E-state index in [0.29, 0.717) is 0 Å². The van der Waals surface area contributed by atoms with E-state index in [0.717, 1.165) is 30.6 Å². The summed E-state index contributed by atoms with van der Waals surface area (Å²) in [5.41, 5.74) is 7.17. The Morgan fingerprint density at radius 2 is 2.27 bits per heavy atom. The molecule has 1 aromatic rings. The fourth-order valence-electron chi connectivity index (χ4n) is 1.40. The van der Waals surface area contributed by atoms with Crippen LogP contribution < -0.4 is 5.73 Å². The largest absolute Gasteiger partial charge is 0.399 e. The Bertz CT molecular complexity index is 363. The van der Waals surface area contributed by atoms with Gasteiger partial charge in [-0.15, -0.1) is 0 Å². The summed E-state index contributed by atoms with van der Waals surface area (Å²) in [4.78, 5) is 4.22. The van der Waals surface area contributed by atoms with Crippen molar-refractivity contribution in [1.82, 2.24) is 4.98 Å². The Balaban J connectivity index is 2.42. The summed E-state index contributed by atoms with van der Waals surface area (Å²) in [5.74, 6) is 0. The Hall–Kier alpha value is -1.56. The second-order valence-electron chi connectivity index (χ2n) is 4.43. The summed E-state index contributed by atoms with van der Waals surface area (Å²) in [6.45, 7) is 3.92. The van der Waals surface area contributed by atoms with Crippen LogP contribution in [0, 0.1) is 16.7 Å². The lowest BCUT2D eigenvalue weighted by Gasteiger charge is -2.13. The Labute approximate surface area is 90.9 Å². The third-order valence-electron chi connectivity index (χ3n) is 2.38. The van der Waals surface area contributed by atoms with E-state index in [1.54, 1.807) is 12.3 Å². The van der Waals surface area contributed by atoms with Crippen molar-refractivity contribution in [1.29, 1.82) is 5.26 Å². The molecule has 1 aromatic heterocycles. The first-order chi connectivity index (χ1) is 7.03. The molecule has 15 heavy (non-hydrogen) atoms. The molecule has 0 fully saturated rings. The first kappa shape index (κ1) is 11.5. The molecular formula is C12H17N3. The number of nitriles is 1. The molecule has 0 aromatic carbocycles. The fraction of sp³-hybridized carbons (Fsp3) is 0.500. The number of rotatable bonds is 4. The minimum absolute atomic E-state index is 0.236. The molecule has 0 saturated heterocycles. The molecule has 0 bridgehead atoms. The molecule has 1 rings (SSSR count). The number of anilines is 1. The number of hydrogen-bond acceptors (Lipinski definition) is 3. The molecule has 0 spiro atoms. The predicted molar refractivity (Wildman–Crippen MR) is 61.0 cm³/mol. The van der Waals surface area contributed by atoms with Crippen molar-refractivity contribution in [3.05, 3.63) is 24.0 Å². The van der Waals surface area contributed by atoms with E-state index < -0.39 is 0 Å². The summed E-state index contributed by atoms with van der Waals surface area (Å²) in [7, 11) is 0. The van der Waals surface area contributed by atoms with E-state index >= 15 is 0 Å². The second kappa shape index (κ2) is 4.79. The number of hydrogen-bond donors (Lipinski definition) is 1. The van der Waals surface area contributed by atoms with E-state index in [1.807, 2.05) is 19.9 Å². The van der Waals surface area contributed by atoms with Gasteiger partial charge in [0.05, 0.1) is 11.5 Å². The average molecular weight is 203 g/mol. The highest BCUT2D eigenvalue weighted by Gasteiger charge is 2.15. The molecule has 0 aliphatic rings. The quantitative estimate of drug-likeness (QED) is 0.817. The van der Waals surface area contributed by atoms with Crippen LogP contribution in [0.2, 0.25) is 0 Å². The van der Waals surface area contributed by atoms with E-state index in [4.69, 9.17) is 11.0 Å². The van der Waals surface area contributed by atoms with Crippen LogP contribution >= 0.6 is 0 Å². The van der Waals surface area contributed by atoms with Gasteiger partial charge in [0.15, 0.2) is 0 Å². The van der Waals surface area contributed by atoms with Gasteiger partial charge < -0.3 is 5.73 Å². The van der Waals surface area contributed by atoms with Gasteiger partial charge >= 0.3 is 0 Å². The monoisotopic (exact) mass is 203 g/mol. The fourth-order valence-corrected chi connectivity index (χ4v) is 1.40. The number of aryl methyl sites for hydroxylation is 1. The minimum atomic E-state index is -0.236. The van der Waals surface area contributed by atoms with Crippen molar-refractivity contribution < 1.29 is 0 Å². The van der Waals surface area contributed by atoms with Crippen LogP contribution in [0.3, 0.4) is 0 Å². The van der Waals surface area contributed by atoms with Crippen molar-refractivity contribution in [3.8, 4) is 6.07 Å².